The Labute approximate surface area is 151 Å². The Bertz CT molecular complexity index is 750. The number of likely N-dealkylation sites (N-methyl/N-ethyl adjacent to an activating group) is 1. The predicted octanol–water partition coefficient (Wildman–Crippen LogP) is 1.73. The van der Waals surface area contributed by atoms with Crippen LogP contribution in [0.5, 0.6) is 0 Å². The molecule has 0 aliphatic carbocycles. The largest absolute Gasteiger partial charge is 0.346 e. The van der Waals surface area contributed by atoms with Gasteiger partial charge in [-0.15, -0.1) is 0 Å². The summed E-state index contributed by atoms with van der Waals surface area (Å²) >= 11 is 5.78. The first-order chi connectivity index (χ1) is 11.9. The van der Waals surface area contributed by atoms with Gasteiger partial charge in [0.25, 0.3) is 11.6 Å². The lowest BCUT2D eigenvalue weighted by atomic mass is 10.0. The number of amides is 1. The fourth-order valence-corrected chi connectivity index (χ4v) is 2.68. The van der Waals surface area contributed by atoms with Crippen molar-refractivity contribution in [1.82, 2.24) is 5.32 Å². The minimum Gasteiger partial charge on any atom is -0.346 e. The van der Waals surface area contributed by atoms with Gasteiger partial charge in [-0.25, -0.2) is 0 Å². The normalized spacial score (nSPS) is 12.0. The van der Waals surface area contributed by atoms with Crippen molar-refractivity contribution in [2.75, 3.05) is 20.6 Å². The van der Waals surface area contributed by atoms with E-state index in [0.717, 1.165) is 6.42 Å². The van der Waals surface area contributed by atoms with Crippen molar-refractivity contribution < 1.29 is 14.6 Å². The van der Waals surface area contributed by atoms with Gasteiger partial charge in [-0.2, -0.15) is 0 Å². The number of nitrogens with zero attached hydrogens (tertiary/aromatic N) is 1. The molecule has 0 bridgehead atoms. The summed E-state index contributed by atoms with van der Waals surface area (Å²) in [6.07, 6.45) is 0.824. The average Bonchev–Trinajstić information content (AvgIpc) is 2.59. The maximum Gasteiger partial charge on any atom is 0.288 e. The van der Waals surface area contributed by atoms with Crippen LogP contribution >= 0.6 is 11.6 Å². The number of hydrogen-bond acceptors (Lipinski definition) is 3. The Morgan fingerprint density at radius 2 is 1.92 bits per heavy atom. The van der Waals surface area contributed by atoms with Gasteiger partial charge < -0.3 is 10.2 Å². The van der Waals surface area contributed by atoms with Gasteiger partial charge in [0.1, 0.15) is 11.1 Å². The zero-order valence-electron chi connectivity index (χ0n) is 14.2. The highest BCUT2D eigenvalue weighted by Crippen LogP contribution is 2.24. The highest BCUT2D eigenvalue weighted by molar-refractivity contribution is 6.32. The maximum atomic E-state index is 12.3. The van der Waals surface area contributed by atoms with Gasteiger partial charge >= 0.3 is 0 Å². The third-order valence-corrected chi connectivity index (χ3v) is 4.38. The molecule has 132 valence electrons. The van der Waals surface area contributed by atoms with E-state index in [4.69, 9.17) is 11.6 Å². The first-order valence-corrected chi connectivity index (χ1v) is 8.32. The topological polar surface area (TPSA) is 76.7 Å². The molecule has 7 heteroatoms. The first kappa shape index (κ1) is 18.9. The molecule has 25 heavy (non-hydrogen) atoms. The number of benzene rings is 2. The summed E-state index contributed by atoms with van der Waals surface area (Å²) < 4.78 is 0. The molecule has 0 aliphatic heterocycles. The highest BCUT2D eigenvalue weighted by Gasteiger charge is 2.20. The molecule has 2 aromatic rings. The Balaban J connectivity index is 2.04. The van der Waals surface area contributed by atoms with Crippen molar-refractivity contribution in [2.24, 2.45) is 0 Å². The number of rotatable bonds is 7. The number of carbonyl (C=O) groups is 1. The van der Waals surface area contributed by atoms with Crippen LogP contribution in [0.2, 0.25) is 5.02 Å². The summed E-state index contributed by atoms with van der Waals surface area (Å²) in [5.74, 6) is -0.348. The summed E-state index contributed by atoms with van der Waals surface area (Å²) in [4.78, 5) is 23.9. The van der Waals surface area contributed by atoms with E-state index in [1.807, 2.05) is 32.3 Å². The number of nitrogens with one attached hydrogen (secondary N) is 2. The molecule has 0 unspecified atom stereocenters. The smallest absolute Gasteiger partial charge is 0.288 e. The Kier molecular flexibility index (Phi) is 6.50. The molecule has 0 saturated carbocycles. The molecule has 2 aromatic carbocycles. The standard InChI is InChI=1S/C18H20ClN3O3/c1-21(2)15(10-13-6-4-3-5-7-13)12-20-18(23)14-8-9-16(19)17(11-14)22(24)25/h3-9,11,15H,10,12H2,1-2H3,(H,20,23)/p+1/t15-/m1/s1. The SMILES string of the molecule is C[NH+](C)[C@@H](CNC(=O)c1ccc(Cl)c([N+](=O)[O-])c1)Cc1ccccc1. The second kappa shape index (κ2) is 8.60. The lowest BCUT2D eigenvalue weighted by Crippen LogP contribution is -3.11. The van der Waals surface area contributed by atoms with E-state index in [2.05, 4.69) is 17.4 Å². The summed E-state index contributed by atoms with van der Waals surface area (Å²) in [5.41, 5.74) is 1.15. The highest BCUT2D eigenvalue weighted by atomic mass is 35.5. The van der Waals surface area contributed by atoms with Crippen LogP contribution in [0.3, 0.4) is 0 Å². The number of carbonyl (C=O) groups excluding carboxylic acids is 1. The van der Waals surface area contributed by atoms with E-state index < -0.39 is 4.92 Å². The lowest BCUT2D eigenvalue weighted by Gasteiger charge is -2.22. The minimum absolute atomic E-state index is 0.0150. The van der Waals surface area contributed by atoms with Crippen LogP contribution in [-0.4, -0.2) is 37.5 Å². The molecule has 0 radical (unpaired) electrons. The lowest BCUT2D eigenvalue weighted by molar-refractivity contribution is -0.884. The Hall–Kier alpha value is -2.44. The van der Waals surface area contributed by atoms with Gasteiger partial charge in [-0.1, -0.05) is 41.9 Å². The van der Waals surface area contributed by atoms with Crippen LogP contribution in [0, 0.1) is 10.1 Å². The van der Waals surface area contributed by atoms with Crippen LogP contribution in [0.1, 0.15) is 15.9 Å². The van der Waals surface area contributed by atoms with Gasteiger partial charge in [-0.3, -0.25) is 14.9 Å². The van der Waals surface area contributed by atoms with Crippen LogP contribution in [0.4, 0.5) is 5.69 Å². The third-order valence-electron chi connectivity index (χ3n) is 4.06. The van der Waals surface area contributed by atoms with E-state index in [9.17, 15) is 14.9 Å². The average molecular weight is 363 g/mol. The molecule has 6 nitrogen and oxygen atoms in total. The fraction of sp³-hybridized carbons (Fsp3) is 0.278. The molecule has 2 N–H and O–H groups in total. The molecule has 1 atom stereocenters. The Morgan fingerprint density at radius 1 is 1.24 bits per heavy atom. The van der Waals surface area contributed by atoms with E-state index >= 15 is 0 Å². The zero-order valence-corrected chi connectivity index (χ0v) is 14.9. The van der Waals surface area contributed by atoms with Gasteiger partial charge in [0.05, 0.1) is 25.6 Å². The molecule has 0 saturated heterocycles. The molecule has 2 rings (SSSR count). The Morgan fingerprint density at radius 3 is 2.52 bits per heavy atom. The van der Waals surface area contributed by atoms with Crippen molar-refractivity contribution in [1.29, 1.82) is 0 Å². The van der Waals surface area contributed by atoms with E-state index in [1.54, 1.807) is 0 Å². The summed E-state index contributed by atoms with van der Waals surface area (Å²) in [6, 6.07) is 14.3. The summed E-state index contributed by atoms with van der Waals surface area (Å²) in [6.45, 7) is 0.465. The molecule has 0 aromatic heterocycles. The molecule has 1 amide bonds. The number of quaternary nitrogens is 1. The molecule has 0 fully saturated rings. The van der Waals surface area contributed by atoms with Gasteiger partial charge in [0, 0.05) is 18.1 Å². The van der Waals surface area contributed by atoms with Crippen molar-refractivity contribution in [2.45, 2.75) is 12.5 Å². The van der Waals surface area contributed by atoms with E-state index in [1.165, 1.54) is 28.7 Å². The predicted molar refractivity (Wildman–Crippen MR) is 97.2 cm³/mol. The molecular weight excluding hydrogens is 342 g/mol. The quantitative estimate of drug-likeness (QED) is 0.581. The van der Waals surface area contributed by atoms with Gasteiger partial charge in [-0.05, 0) is 17.7 Å². The monoisotopic (exact) mass is 362 g/mol. The minimum atomic E-state index is -0.596. The molecular formula is C18H21ClN3O3+. The fourth-order valence-electron chi connectivity index (χ4n) is 2.49. The van der Waals surface area contributed by atoms with Crippen LogP contribution in [-0.2, 0) is 6.42 Å². The zero-order chi connectivity index (χ0) is 18.4. The number of nitro benzene ring substituents is 1. The maximum absolute atomic E-state index is 12.3. The van der Waals surface area contributed by atoms with Crippen molar-refractivity contribution in [3.8, 4) is 0 Å². The molecule has 0 spiro atoms. The summed E-state index contributed by atoms with van der Waals surface area (Å²) in [5, 5.41) is 13.8. The first-order valence-electron chi connectivity index (χ1n) is 7.94. The molecule has 0 aliphatic rings. The van der Waals surface area contributed by atoms with Crippen LogP contribution < -0.4 is 10.2 Å². The van der Waals surface area contributed by atoms with Gasteiger partial charge in [0.2, 0.25) is 0 Å². The van der Waals surface area contributed by atoms with Crippen LogP contribution in [0.25, 0.3) is 0 Å². The number of halogens is 1. The van der Waals surface area contributed by atoms with Gasteiger partial charge in [0.15, 0.2) is 0 Å². The molecule has 0 heterocycles. The second-order valence-electron chi connectivity index (χ2n) is 6.10. The summed E-state index contributed by atoms with van der Waals surface area (Å²) in [7, 11) is 4.07. The van der Waals surface area contributed by atoms with E-state index in [0.29, 0.717) is 6.54 Å². The van der Waals surface area contributed by atoms with Crippen LogP contribution in [0.15, 0.2) is 48.5 Å². The second-order valence-corrected chi connectivity index (χ2v) is 6.50. The number of hydrogen-bond donors (Lipinski definition) is 2. The van der Waals surface area contributed by atoms with E-state index in [-0.39, 0.29) is 28.2 Å². The third kappa shape index (κ3) is 5.27. The number of nitro groups is 1. The van der Waals surface area contributed by atoms with Crippen molar-refractivity contribution in [3.63, 3.8) is 0 Å². The van der Waals surface area contributed by atoms with Crippen molar-refractivity contribution in [3.05, 3.63) is 74.8 Å². The van der Waals surface area contributed by atoms with Crippen molar-refractivity contribution >= 4 is 23.2 Å².